The van der Waals surface area contributed by atoms with E-state index in [1.165, 1.54) is 17.7 Å². The number of rotatable bonds is 6. The van der Waals surface area contributed by atoms with E-state index in [0.717, 1.165) is 44.6 Å². The van der Waals surface area contributed by atoms with Gasteiger partial charge in [0.15, 0.2) is 0 Å². The van der Waals surface area contributed by atoms with Gasteiger partial charge in [-0.15, -0.1) is 0 Å². The van der Waals surface area contributed by atoms with Crippen molar-refractivity contribution in [2.75, 3.05) is 0 Å². The van der Waals surface area contributed by atoms with Crippen molar-refractivity contribution in [2.24, 2.45) is 4.99 Å². The number of aromatic amines is 1. The van der Waals surface area contributed by atoms with E-state index in [9.17, 15) is 17.6 Å². The Morgan fingerprint density at radius 1 is 0.653 bits per heavy atom. The maximum absolute atomic E-state index is 14.1. The molecule has 2 heterocycles. The summed E-state index contributed by atoms with van der Waals surface area (Å²) in [5.74, 6) is -0.355. The van der Waals surface area contributed by atoms with Crippen LogP contribution in [-0.2, 0) is 10.8 Å². The molecule has 1 N–H and O–H groups in total. The number of alkyl halides is 3. The van der Waals surface area contributed by atoms with E-state index in [2.05, 4.69) is 82.9 Å². The number of fused-ring (bicyclic) bond motifs is 1. The van der Waals surface area contributed by atoms with Crippen LogP contribution in [0.15, 0.2) is 102 Å². The second kappa shape index (κ2) is 12.6. The standard InChI is InChI=1S/C43H42F4N2/c1-26-24-31(44)20-21-32(26)38-33-10-8-9-11-34(33)39(49-38)35(22-23-43(45,46)47)40-36(27-12-16-29(17-13-27)41(2,3)4)25-37(48-40)28-14-18-30(19-15-28)42(5,6)7/h8-21,24-25,48H,22-23H2,1-7H3. The van der Waals surface area contributed by atoms with Gasteiger partial charge >= 0.3 is 6.18 Å². The Balaban J connectivity index is 1.61. The Morgan fingerprint density at radius 3 is 1.78 bits per heavy atom. The minimum atomic E-state index is -4.38. The summed E-state index contributed by atoms with van der Waals surface area (Å²) in [5, 5.41) is 0. The van der Waals surface area contributed by atoms with Gasteiger partial charge in [-0.25, -0.2) is 9.38 Å². The van der Waals surface area contributed by atoms with Crippen LogP contribution < -0.4 is 0 Å². The maximum atomic E-state index is 14.1. The molecule has 0 amide bonds. The van der Waals surface area contributed by atoms with Crippen molar-refractivity contribution < 1.29 is 17.6 Å². The average Bonchev–Trinajstić information content (AvgIpc) is 3.63. The third-order valence-electron chi connectivity index (χ3n) is 9.29. The van der Waals surface area contributed by atoms with Crippen LogP contribution in [0, 0.1) is 12.7 Å². The molecule has 1 aliphatic rings. The summed E-state index contributed by atoms with van der Waals surface area (Å²) in [5.41, 5.74) is 10.9. The van der Waals surface area contributed by atoms with Crippen LogP contribution >= 0.6 is 0 Å². The molecule has 2 nitrogen and oxygen atoms in total. The van der Waals surface area contributed by atoms with Crippen LogP contribution in [0.3, 0.4) is 0 Å². The molecule has 0 spiro atoms. The molecular formula is C43H42F4N2. The molecule has 0 atom stereocenters. The number of halogens is 4. The van der Waals surface area contributed by atoms with E-state index in [1.54, 1.807) is 6.07 Å². The van der Waals surface area contributed by atoms with Crippen LogP contribution in [-0.4, -0.2) is 16.9 Å². The number of aliphatic imine (C=N–C) groups is 1. The lowest BCUT2D eigenvalue weighted by molar-refractivity contribution is -0.133. The summed E-state index contributed by atoms with van der Waals surface area (Å²) >= 11 is 0. The Bertz CT molecular complexity index is 2060. The van der Waals surface area contributed by atoms with Crippen LogP contribution in [0.1, 0.15) is 93.5 Å². The topological polar surface area (TPSA) is 28.1 Å². The van der Waals surface area contributed by atoms with Crippen molar-refractivity contribution in [1.29, 1.82) is 0 Å². The van der Waals surface area contributed by atoms with Gasteiger partial charge in [-0.05, 0) is 76.3 Å². The molecule has 0 fully saturated rings. The fourth-order valence-corrected chi connectivity index (χ4v) is 6.46. The number of H-pyrrole nitrogens is 1. The van der Waals surface area contributed by atoms with E-state index in [4.69, 9.17) is 4.99 Å². The quantitative estimate of drug-likeness (QED) is 0.175. The van der Waals surface area contributed by atoms with Gasteiger partial charge in [0.25, 0.3) is 0 Å². The molecule has 0 radical (unpaired) electrons. The molecule has 1 aromatic heterocycles. The first-order chi connectivity index (χ1) is 23.0. The fraction of sp³-hybridized carbons (Fsp3) is 0.279. The third-order valence-corrected chi connectivity index (χ3v) is 9.29. The number of aryl methyl sites for hydroxylation is 1. The van der Waals surface area contributed by atoms with Gasteiger partial charge in [-0.3, -0.25) is 0 Å². The molecule has 0 aliphatic carbocycles. The fourth-order valence-electron chi connectivity index (χ4n) is 6.46. The summed E-state index contributed by atoms with van der Waals surface area (Å²) in [4.78, 5) is 8.66. The third kappa shape index (κ3) is 7.19. The number of aromatic nitrogens is 1. The van der Waals surface area contributed by atoms with Gasteiger partial charge in [0.1, 0.15) is 5.82 Å². The van der Waals surface area contributed by atoms with Crippen LogP contribution in [0.5, 0.6) is 0 Å². The van der Waals surface area contributed by atoms with Crippen molar-refractivity contribution >= 4 is 17.0 Å². The highest BCUT2D eigenvalue weighted by Crippen LogP contribution is 2.44. The molecule has 49 heavy (non-hydrogen) atoms. The molecule has 0 saturated carbocycles. The van der Waals surface area contributed by atoms with Crippen molar-refractivity contribution in [3.63, 3.8) is 0 Å². The highest BCUT2D eigenvalue weighted by molar-refractivity contribution is 6.23. The minimum absolute atomic E-state index is 0.0248. The smallest absolute Gasteiger partial charge is 0.354 e. The van der Waals surface area contributed by atoms with Crippen LogP contribution in [0.4, 0.5) is 17.6 Å². The first kappa shape index (κ1) is 34.2. The van der Waals surface area contributed by atoms with E-state index < -0.39 is 12.6 Å². The number of allylic oxidation sites excluding steroid dienone is 1. The summed E-state index contributed by atoms with van der Waals surface area (Å²) in [6, 6.07) is 30.8. The second-order valence-electron chi connectivity index (χ2n) is 15.0. The van der Waals surface area contributed by atoms with Crippen LogP contribution in [0.25, 0.3) is 33.7 Å². The molecule has 6 rings (SSSR count). The molecule has 1 aliphatic heterocycles. The zero-order valence-corrected chi connectivity index (χ0v) is 29.1. The number of hydrogen-bond donors (Lipinski definition) is 1. The van der Waals surface area contributed by atoms with Gasteiger partial charge in [-0.1, -0.05) is 114 Å². The summed E-state index contributed by atoms with van der Waals surface area (Å²) in [6.07, 6.45) is -5.66. The highest BCUT2D eigenvalue weighted by Gasteiger charge is 2.32. The second-order valence-corrected chi connectivity index (χ2v) is 15.0. The van der Waals surface area contributed by atoms with Crippen molar-refractivity contribution in [1.82, 2.24) is 4.98 Å². The lowest BCUT2D eigenvalue weighted by Gasteiger charge is -2.19. The summed E-state index contributed by atoms with van der Waals surface area (Å²) in [6.45, 7) is 14.8. The van der Waals surface area contributed by atoms with Gasteiger partial charge in [0.2, 0.25) is 0 Å². The van der Waals surface area contributed by atoms with Crippen molar-refractivity contribution in [2.45, 2.75) is 78.3 Å². The Hall–Kier alpha value is -4.71. The summed E-state index contributed by atoms with van der Waals surface area (Å²) in [7, 11) is 0. The predicted octanol–water partition coefficient (Wildman–Crippen LogP) is 12.5. The Kier molecular flexibility index (Phi) is 8.81. The molecule has 0 saturated heterocycles. The zero-order valence-electron chi connectivity index (χ0n) is 29.1. The monoisotopic (exact) mass is 662 g/mol. The molecule has 252 valence electrons. The number of hydrogen-bond acceptors (Lipinski definition) is 1. The van der Waals surface area contributed by atoms with E-state index in [-0.39, 0.29) is 23.1 Å². The normalized spacial score (nSPS) is 14.6. The van der Waals surface area contributed by atoms with Gasteiger partial charge in [0.05, 0.1) is 17.1 Å². The lowest BCUT2D eigenvalue weighted by Crippen LogP contribution is -2.10. The largest absolute Gasteiger partial charge is 0.389 e. The highest BCUT2D eigenvalue weighted by atomic mass is 19.4. The molecule has 4 aromatic carbocycles. The van der Waals surface area contributed by atoms with Gasteiger partial charge in [-0.2, -0.15) is 13.2 Å². The Morgan fingerprint density at radius 2 is 1.22 bits per heavy atom. The molecule has 0 unspecified atom stereocenters. The molecular weight excluding hydrogens is 620 g/mol. The molecule has 0 bridgehead atoms. The molecule has 6 heteroatoms. The van der Waals surface area contributed by atoms with Crippen molar-refractivity contribution in [3.8, 4) is 22.4 Å². The first-order valence-electron chi connectivity index (χ1n) is 16.7. The predicted molar refractivity (Wildman–Crippen MR) is 194 cm³/mol. The molecule has 5 aromatic rings. The minimum Gasteiger partial charge on any atom is -0.354 e. The van der Waals surface area contributed by atoms with Crippen molar-refractivity contribution in [3.05, 3.63) is 142 Å². The van der Waals surface area contributed by atoms with Gasteiger partial charge < -0.3 is 4.98 Å². The number of nitrogens with one attached hydrogen (secondary N) is 1. The van der Waals surface area contributed by atoms with E-state index in [1.807, 2.05) is 49.4 Å². The summed E-state index contributed by atoms with van der Waals surface area (Å²) < 4.78 is 56.2. The Labute approximate surface area is 286 Å². The number of nitrogens with zero attached hydrogens (tertiary/aromatic N) is 1. The zero-order chi connectivity index (χ0) is 35.3. The van der Waals surface area contributed by atoms with E-state index in [0.29, 0.717) is 28.2 Å². The first-order valence-corrected chi connectivity index (χ1v) is 16.7. The van der Waals surface area contributed by atoms with E-state index >= 15 is 0 Å². The lowest BCUT2D eigenvalue weighted by atomic mass is 9.86. The maximum Gasteiger partial charge on any atom is 0.389 e. The average molecular weight is 663 g/mol. The van der Waals surface area contributed by atoms with Gasteiger partial charge in [0, 0.05) is 39.9 Å². The number of benzene rings is 4. The van der Waals surface area contributed by atoms with Crippen LogP contribution in [0.2, 0.25) is 0 Å². The SMILES string of the molecule is Cc1cc(F)ccc1C1=NC(=C(CCC(F)(F)F)c2[nH]c(-c3ccc(C(C)(C)C)cc3)cc2-c2ccc(C(C)(C)C)cc2)c2ccccc21.